The molecule has 286 valence electrons. The first-order valence-corrected chi connectivity index (χ1v) is 20.5. The van der Waals surface area contributed by atoms with Gasteiger partial charge in [0.15, 0.2) is 11.6 Å². The molecule has 0 aliphatic heterocycles. The average Bonchev–Trinajstić information content (AvgIpc) is 3.68. The SMILES string of the molecule is c1ccc(-c2ccc3c4ccccc4n(-c4ccc(-c5nc(-c6ccccc6)cc(-c6ccccc6)n5)cc4-c4nc(-c5ccccc5)cc(-c5ccccc5)n4)c3c2)cc1. The smallest absolute Gasteiger partial charge is 0.162 e. The highest BCUT2D eigenvalue weighted by molar-refractivity contribution is 6.10. The van der Waals surface area contributed by atoms with Crippen molar-refractivity contribution in [2.45, 2.75) is 0 Å². The van der Waals surface area contributed by atoms with Crippen LogP contribution in [-0.4, -0.2) is 24.5 Å². The zero-order chi connectivity index (χ0) is 40.5. The Labute approximate surface area is 354 Å². The van der Waals surface area contributed by atoms with Crippen LogP contribution in [0.4, 0.5) is 0 Å². The Hall–Kier alpha value is -8.28. The third-order valence-corrected chi connectivity index (χ3v) is 11.2. The van der Waals surface area contributed by atoms with Crippen molar-refractivity contribution in [1.82, 2.24) is 24.5 Å². The maximum Gasteiger partial charge on any atom is 0.162 e. The standard InChI is InChI=1S/C56H37N5/c1-6-18-38(19-7-1)43-30-32-46-45-28-16-17-29-52(45)61(54(46)35-43)53-33-31-44(55-57-48(39-20-8-2-9-21-39)36-49(58-55)40-22-10-3-11-23-40)34-47(53)56-59-50(41-24-12-4-13-25-41)37-51(60-56)42-26-14-5-15-27-42/h1-37H. The molecule has 0 unspecified atom stereocenters. The van der Waals surface area contributed by atoms with Gasteiger partial charge in [0.2, 0.25) is 0 Å². The van der Waals surface area contributed by atoms with Gasteiger partial charge in [-0.25, -0.2) is 19.9 Å². The molecule has 61 heavy (non-hydrogen) atoms. The fourth-order valence-corrected chi connectivity index (χ4v) is 8.26. The third kappa shape index (κ3) is 6.84. The summed E-state index contributed by atoms with van der Waals surface area (Å²) >= 11 is 0. The Morgan fingerprint density at radius 1 is 0.262 bits per heavy atom. The summed E-state index contributed by atoms with van der Waals surface area (Å²) < 4.78 is 2.37. The normalized spacial score (nSPS) is 11.3. The van der Waals surface area contributed by atoms with E-state index in [-0.39, 0.29) is 0 Å². The predicted molar refractivity (Wildman–Crippen MR) is 250 cm³/mol. The average molecular weight is 780 g/mol. The maximum atomic E-state index is 5.40. The van der Waals surface area contributed by atoms with Crippen molar-refractivity contribution in [3.8, 4) is 84.6 Å². The summed E-state index contributed by atoms with van der Waals surface area (Å²) in [4.78, 5) is 21.3. The number of fused-ring (bicyclic) bond motifs is 3. The topological polar surface area (TPSA) is 56.5 Å². The van der Waals surface area contributed by atoms with Crippen LogP contribution in [0.15, 0.2) is 224 Å². The molecule has 3 aromatic heterocycles. The number of hydrogen-bond donors (Lipinski definition) is 0. The molecule has 11 aromatic rings. The minimum absolute atomic E-state index is 0.602. The lowest BCUT2D eigenvalue weighted by molar-refractivity contribution is 1.13. The van der Waals surface area contributed by atoms with Gasteiger partial charge in [0, 0.05) is 44.2 Å². The Balaban J connectivity index is 1.21. The van der Waals surface area contributed by atoms with E-state index in [9.17, 15) is 0 Å². The van der Waals surface area contributed by atoms with Crippen molar-refractivity contribution in [3.63, 3.8) is 0 Å². The summed E-state index contributed by atoms with van der Waals surface area (Å²) in [6.07, 6.45) is 0. The first kappa shape index (κ1) is 35.8. The van der Waals surface area contributed by atoms with Gasteiger partial charge in [-0.05, 0) is 53.6 Å². The summed E-state index contributed by atoms with van der Waals surface area (Å²) in [6, 6.07) is 77.9. The summed E-state index contributed by atoms with van der Waals surface area (Å²) in [6.45, 7) is 0. The highest BCUT2D eigenvalue weighted by Gasteiger charge is 2.21. The molecule has 0 saturated heterocycles. The highest BCUT2D eigenvalue weighted by atomic mass is 15.0. The fourth-order valence-electron chi connectivity index (χ4n) is 8.26. The molecule has 0 aliphatic carbocycles. The Kier molecular flexibility index (Phi) is 9.10. The number of nitrogens with zero attached hydrogens (tertiary/aromatic N) is 5. The van der Waals surface area contributed by atoms with Gasteiger partial charge in [0.05, 0.1) is 39.5 Å². The Morgan fingerprint density at radius 3 is 1.18 bits per heavy atom. The second-order valence-electron chi connectivity index (χ2n) is 15.1. The van der Waals surface area contributed by atoms with E-state index in [1.54, 1.807) is 0 Å². The van der Waals surface area contributed by atoms with Crippen molar-refractivity contribution < 1.29 is 0 Å². The van der Waals surface area contributed by atoms with Gasteiger partial charge in [0.25, 0.3) is 0 Å². The number of para-hydroxylation sites is 1. The quantitative estimate of drug-likeness (QED) is 0.154. The molecule has 3 heterocycles. The van der Waals surface area contributed by atoms with Crippen molar-refractivity contribution in [2.24, 2.45) is 0 Å². The van der Waals surface area contributed by atoms with Gasteiger partial charge in [-0.15, -0.1) is 0 Å². The molecule has 0 atom stereocenters. The first-order valence-electron chi connectivity index (χ1n) is 20.5. The van der Waals surface area contributed by atoms with Gasteiger partial charge in [0.1, 0.15) is 0 Å². The highest BCUT2D eigenvalue weighted by Crippen LogP contribution is 2.40. The lowest BCUT2D eigenvalue weighted by Crippen LogP contribution is -2.03. The molecule has 0 saturated carbocycles. The van der Waals surface area contributed by atoms with Crippen LogP contribution < -0.4 is 0 Å². The van der Waals surface area contributed by atoms with Crippen LogP contribution in [0, 0.1) is 0 Å². The molecule has 0 aliphatic rings. The van der Waals surface area contributed by atoms with Crippen LogP contribution in [0.3, 0.4) is 0 Å². The first-order chi connectivity index (χ1) is 30.2. The van der Waals surface area contributed by atoms with E-state index in [4.69, 9.17) is 19.9 Å². The third-order valence-electron chi connectivity index (χ3n) is 11.2. The molecule has 0 radical (unpaired) electrons. The van der Waals surface area contributed by atoms with Gasteiger partial charge in [-0.2, -0.15) is 0 Å². The number of rotatable bonds is 8. The van der Waals surface area contributed by atoms with Crippen molar-refractivity contribution in [1.29, 1.82) is 0 Å². The zero-order valence-corrected chi connectivity index (χ0v) is 33.1. The molecular weight excluding hydrogens is 743 g/mol. The van der Waals surface area contributed by atoms with E-state index in [2.05, 4.69) is 180 Å². The van der Waals surface area contributed by atoms with Crippen LogP contribution in [0.1, 0.15) is 0 Å². The summed E-state index contributed by atoms with van der Waals surface area (Å²) in [5, 5.41) is 2.34. The molecule has 0 amide bonds. The molecular formula is C56H37N5. The largest absolute Gasteiger partial charge is 0.308 e. The van der Waals surface area contributed by atoms with Crippen molar-refractivity contribution in [3.05, 3.63) is 224 Å². The van der Waals surface area contributed by atoms with E-state index in [1.165, 1.54) is 10.8 Å². The minimum Gasteiger partial charge on any atom is -0.308 e. The van der Waals surface area contributed by atoms with Gasteiger partial charge in [-0.3, -0.25) is 0 Å². The summed E-state index contributed by atoms with van der Waals surface area (Å²) in [5.74, 6) is 1.22. The maximum absolute atomic E-state index is 5.40. The Morgan fingerprint density at radius 2 is 0.672 bits per heavy atom. The summed E-state index contributed by atoms with van der Waals surface area (Å²) in [7, 11) is 0. The fraction of sp³-hybridized carbons (Fsp3) is 0. The second kappa shape index (κ2) is 15.5. The van der Waals surface area contributed by atoms with E-state index < -0.39 is 0 Å². The van der Waals surface area contributed by atoms with Crippen molar-refractivity contribution in [2.75, 3.05) is 0 Å². The zero-order valence-electron chi connectivity index (χ0n) is 33.1. The van der Waals surface area contributed by atoms with E-state index in [0.717, 1.165) is 84.0 Å². The second-order valence-corrected chi connectivity index (χ2v) is 15.1. The monoisotopic (exact) mass is 779 g/mol. The van der Waals surface area contributed by atoms with Gasteiger partial charge in [-0.1, -0.05) is 182 Å². The van der Waals surface area contributed by atoms with Crippen LogP contribution in [0.5, 0.6) is 0 Å². The summed E-state index contributed by atoms with van der Waals surface area (Å²) in [5.41, 5.74) is 14.6. The van der Waals surface area contributed by atoms with Crippen LogP contribution in [0.2, 0.25) is 0 Å². The van der Waals surface area contributed by atoms with E-state index in [0.29, 0.717) is 11.6 Å². The number of benzene rings is 8. The minimum atomic E-state index is 0.602. The Bertz CT molecular complexity index is 3210. The number of hydrogen-bond acceptors (Lipinski definition) is 4. The van der Waals surface area contributed by atoms with Gasteiger partial charge < -0.3 is 4.57 Å². The molecule has 11 rings (SSSR count). The van der Waals surface area contributed by atoms with Crippen LogP contribution in [-0.2, 0) is 0 Å². The predicted octanol–water partition coefficient (Wildman–Crippen LogP) is 14.0. The lowest BCUT2D eigenvalue weighted by Gasteiger charge is -2.17. The molecule has 8 aromatic carbocycles. The molecule has 0 N–H and O–H groups in total. The van der Waals surface area contributed by atoms with Crippen molar-refractivity contribution >= 4 is 21.8 Å². The van der Waals surface area contributed by atoms with E-state index in [1.807, 2.05) is 48.5 Å². The van der Waals surface area contributed by atoms with Crippen LogP contribution >= 0.6 is 0 Å². The van der Waals surface area contributed by atoms with Gasteiger partial charge >= 0.3 is 0 Å². The molecule has 0 spiro atoms. The molecule has 5 heteroatoms. The molecule has 5 nitrogen and oxygen atoms in total. The van der Waals surface area contributed by atoms with E-state index >= 15 is 0 Å². The van der Waals surface area contributed by atoms with Crippen LogP contribution in [0.25, 0.3) is 106 Å². The molecule has 0 bridgehead atoms. The molecule has 0 fully saturated rings. The number of aromatic nitrogens is 5. The lowest BCUT2D eigenvalue weighted by atomic mass is 10.0.